The molecule has 180 valence electrons. The predicted octanol–water partition coefficient (Wildman–Crippen LogP) is 6.98. The molecule has 1 N–H and O–H groups in total. The Morgan fingerprint density at radius 3 is 2.46 bits per heavy atom. The van der Waals surface area contributed by atoms with E-state index in [9.17, 15) is 9.50 Å². The van der Waals surface area contributed by atoms with Crippen molar-refractivity contribution >= 4 is 10.8 Å². The summed E-state index contributed by atoms with van der Waals surface area (Å²) < 4.78 is 25.2. The molecular formula is C30H30FNO3. The van der Waals surface area contributed by atoms with Gasteiger partial charge < -0.3 is 14.6 Å². The smallest absolute Gasteiger partial charge is 0.143 e. The Bertz CT molecular complexity index is 1290. The molecule has 1 fully saturated rings. The van der Waals surface area contributed by atoms with Crippen LogP contribution >= 0.6 is 0 Å². The SMILES string of the molecule is Cc1ccc(-c2ccc3cc(O)ccc3c2Oc2ccc(OCCN3CCC(CF)C3)cc2)cc1. The Kier molecular flexibility index (Phi) is 6.87. The van der Waals surface area contributed by atoms with Crippen LogP contribution < -0.4 is 9.47 Å². The van der Waals surface area contributed by atoms with Crippen molar-refractivity contribution in [3.05, 3.63) is 84.4 Å². The summed E-state index contributed by atoms with van der Waals surface area (Å²) in [5.41, 5.74) is 3.25. The fraction of sp³-hybridized carbons (Fsp3) is 0.267. The molecule has 0 radical (unpaired) electrons. The van der Waals surface area contributed by atoms with Gasteiger partial charge >= 0.3 is 0 Å². The highest BCUT2D eigenvalue weighted by Crippen LogP contribution is 2.40. The number of alkyl halides is 1. The van der Waals surface area contributed by atoms with E-state index in [1.807, 2.05) is 42.5 Å². The number of ether oxygens (including phenoxy) is 2. The maximum Gasteiger partial charge on any atom is 0.143 e. The number of rotatable bonds is 8. The first-order valence-corrected chi connectivity index (χ1v) is 12.1. The second kappa shape index (κ2) is 10.4. The van der Waals surface area contributed by atoms with Crippen molar-refractivity contribution < 1.29 is 19.0 Å². The molecule has 0 spiro atoms. The summed E-state index contributed by atoms with van der Waals surface area (Å²) in [6, 6.07) is 25.3. The summed E-state index contributed by atoms with van der Waals surface area (Å²) in [6.45, 7) is 4.97. The van der Waals surface area contributed by atoms with Gasteiger partial charge in [-0.3, -0.25) is 9.29 Å². The number of hydrogen-bond donors (Lipinski definition) is 1. The molecule has 0 aliphatic carbocycles. The quantitative estimate of drug-likeness (QED) is 0.301. The molecule has 35 heavy (non-hydrogen) atoms. The number of nitrogens with zero attached hydrogens (tertiary/aromatic N) is 1. The van der Waals surface area contributed by atoms with Crippen molar-refractivity contribution in [2.75, 3.05) is 32.9 Å². The molecule has 0 aromatic heterocycles. The molecule has 1 heterocycles. The van der Waals surface area contributed by atoms with Gasteiger partial charge in [-0.2, -0.15) is 0 Å². The van der Waals surface area contributed by atoms with Crippen LogP contribution in [-0.4, -0.2) is 42.9 Å². The summed E-state index contributed by atoms with van der Waals surface area (Å²) >= 11 is 0. The van der Waals surface area contributed by atoms with E-state index in [0.29, 0.717) is 12.4 Å². The van der Waals surface area contributed by atoms with E-state index in [2.05, 4.69) is 36.1 Å². The summed E-state index contributed by atoms with van der Waals surface area (Å²) in [7, 11) is 0. The first kappa shape index (κ1) is 23.2. The number of likely N-dealkylation sites (tertiary alicyclic amines) is 1. The highest BCUT2D eigenvalue weighted by Gasteiger charge is 2.21. The van der Waals surface area contributed by atoms with Crippen molar-refractivity contribution in [2.24, 2.45) is 5.92 Å². The maximum atomic E-state index is 12.8. The van der Waals surface area contributed by atoms with Gasteiger partial charge in [-0.05, 0) is 79.4 Å². The highest BCUT2D eigenvalue weighted by molar-refractivity contribution is 5.96. The summed E-state index contributed by atoms with van der Waals surface area (Å²) in [5.74, 6) is 2.63. The minimum absolute atomic E-state index is 0.175. The van der Waals surface area contributed by atoms with Crippen LogP contribution in [0.25, 0.3) is 21.9 Å². The van der Waals surface area contributed by atoms with E-state index in [1.54, 1.807) is 12.1 Å². The molecule has 4 aromatic rings. The van der Waals surface area contributed by atoms with Gasteiger partial charge in [0.25, 0.3) is 0 Å². The third-order valence-electron chi connectivity index (χ3n) is 6.62. The fourth-order valence-electron chi connectivity index (χ4n) is 4.62. The topological polar surface area (TPSA) is 41.9 Å². The first-order valence-electron chi connectivity index (χ1n) is 12.1. The maximum absolute atomic E-state index is 12.8. The van der Waals surface area contributed by atoms with E-state index in [0.717, 1.165) is 59.5 Å². The first-order chi connectivity index (χ1) is 17.1. The lowest BCUT2D eigenvalue weighted by atomic mass is 9.98. The molecule has 1 aliphatic heterocycles. The van der Waals surface area contributed by atoms with Crippen molar-refractivity contribution in [3.63, 3.8) is 0 Å². The van der Waals surface area contributed by atoms with E-state index in [4.69, 9.17) is 9.47 Å². The normalized spacial score (nSPS) is 16.0. The molecule has 1 atom stereocenters. The summed E-state index contributed by atoms with van der Waals surface area (Å²) in [5, 5.41) is 11.8. The molecule has 1 saturated heterocycles. The molecule has 1 aliphatic rings. The largest absolute Gasteiger partial charge is 0.508 e. The molecule has 5 rings (SSSR count). The van der Waals surface area contributed by atoms with E-state index in [1.165, 1.54) is 5.56 Å². The number of aryl methyl sites for hydroxylation is 1. The molecule has 5 heteroatoms. The zero-order valence-corrected chi connectivity index (χ0v) is 19.9. The molecular weight excluding hydrogens is 441 g/mol. The molecule has 4 nitrogen and oxygen atoms in total. The van der Waals surface area contributed by atoms with Crippen LogP contribution in [0.15, 0.2) is 78.9 Å². The lowest BCUT2D eigenvalue weighted by Crippen LogP contribution is -2.26. The Morgan fingerprint density at radius 2 is 1.71 bits per heavy atom. The minimum atomic E-state index is -0.234. The number of aromatic hydroxyl groups is 1. The average molecular weight is 472 g/mol. The van der Waals surface area contributed by atoms with Gasteiger partial charge in [0.1, 0.15) is 29.6 Å². The number of halogens is 1. The number of fused-ring (bicyclic) bond motifs is 1. The minimum Gasteiger partial charge on any atom is -0.508 e. The number of benzene rings is 4. The predicted molar refractivity (Wildman–Crippen MR) is 138 cm³/mol. The van der Waals surface area contributed by atoms with Crippen LogP contribution in [-0.2, 0) is 0 Å². The van der Waals surface area contributed by atoms with Crippen molar-refractivity contribution in [3.8, 4) is 34.1 Å². The fourth-order valence-corrected chi connectivity index (χ4v) is 4.62. The van der Waals surface area contributed by atoms with Crippen LogP contribution in [0.4, 0.5) is 4.39 Å². The molecule has 0 saturated carbocycles. The number of phenols is 1. The van der Waals surface area contributed by atoms with Gasteiger partial charge in [-0.15, -0.1) is 0 Å². The number of hydrogen-bond acceptors (Lipinski definition) is 4. The third-order valence-corrected chi connectivity index (χ3v) is 6.62. The van der Waals surface area contributed by atoms with Crippen LogP contribution in [0.1, 0.15) is 12.0 Å². The number of phenolic OH excluding ortho intramolecular Hbond substituents is 1. The average Bonchev–Trinajstić information content (AvgIpc) is 3.34. The van der Waals surface area contributed by atoms with Gasteiger partial charge in [-0.25, -0.2) is 0 Å². The zero-order valence-electron chi connectivity index (χ0n) is 19.9. The van der Waals surface area contributed by atoms with E-state index < -0.39 is 0 Å². The van der Waals surface area contributed by atoms with Crippen LogP contribution in [0.2, 0.25) is 0 Å². The second-order valence-corrected chi connectivity index (χ2v) is 9.25. The van der Waals surface area contributed by atoms with Gasteiger partial charge in [0.05, 0.1) is 6.67 Å². The van der Waals surface area contributed by atoms with Crippen LogP contribution in [0.5, 0.6) is 23.0 Å². The van der Waals surface area contributed by atoms with Crippen LogP contribution in [0.3, 0.4) is 0 Å². The van der Waals surface area contributed by atoms with E-state index >= 15 is 0 Å². The standard InChI is InChI=1S/C30H30FNO3/c1-21-2-4-23(5-3-21)28-12-6-24-18-25(33)7-13-29(24)30(28)35-27-10-8-26(9-11-27)34-17-16-32-15-14-22(19-31)20-32/h2-13,18,22,33H,14-17,19-20H2,1H3. The lowest BCUT2D eigenvalue weighted by Gasteiger charge is -2.17. The molecule has 0 bridgehead atoms. The Labute approximate surface area is 205 Å². The lowest BCUT2D eigenvalue weighted by molar-refractivity contribution is 0.228. The molecule has 1 unspecified atom stereocenters. The Hall–Kier alpha value is -3.57. The van der Waals surface area contributed by atoms with Crippen LogP contribution in [0, 0.1) is 12.8 Å². The molecule has 0 amide bonds. The van der Waals surface area contributed by atoms with Crippen molar-refractivity contribution in [1.29, 1.82) is 0 Å². The van der Waals surface area contributed by atoms with E-state index in [-0.39, 0.29) is 18.3 Å². The zero-order chi connectivity index (χ0) is 24.2. The Balaban J connectivity index is 1.33. The molecule has 4 aromatic carbocycles. The Morgan fingerprint density at radius 1 is 0.943 bits per heavy atom. The van der Waals surface area contributed by atoms with Gasteiger partial charge in [0.2, 0.25) is 0 Å². The second-order valence-electron chi connectivity index (χ2n) is 9.25. The summed E-state index contributed by atoms with van der Waals surface area (Å²) in [6.07, 6.45) is 0.931. The van der Waals surface area contributed by atoms with Gasteiger partial charge in [-0.1, -0.05) is 35.9 Å². The third kappa shape index (κ3) is 5.41. The van der Waals surface area contributed by atoms with Gasteiger partial charge in [0.15, 0.2) is 0 Å². The van der Waals surface area contributed by atoms with Crippen molar-refractivity contribution in [1.82, 2.24) is 4.90 Å². The highest BCUT2D eigenvalue weighted by atomic mass is 19.1. The van der Waals surface area contributed by atoms with Gasteiger partial charge in [0, 0.05) is 30.0 Å². The summed E-state index contributed by atoms with van der Waals surface area (Å²) in [4.78, 5) is 2.26. The van der Waals surface area contributed by atoms with Crippen molar-refractivity contribution in [2.45, 2.75) is 13.3 Å². The monoisotopic (exact) mass is 471 g/mol.